The number of rotatable bonds is 4. The topological polar surface area (TPSA) is 79.5 Å². The molecular weight excluding hydrogens is 210 g/mol. The summed E-state index contributed by atoms with van der Waals surface area (Å²) >= 11 is 0. The first-order chi connectivity index (χ1) is 7.63. The number of carboxylic acids is 1. The molecule has 16 heavy (non-hydrogen) atoms. The van der Waals surface area contributed by atoms with E-state index in [1.54, 1.807) is 0 Å². The van der Waals surface area contributed by atoms with Gasteiger partial charge in [-0.3, -0.25) is 0 Å². The molecule has 0 radical (unpaired) electrons. The van der Waals surface area contributed by atoms with E-state index in [-0.39, 0.29) is 17.7 Å². The molecule has 0 saturated carbocycles. The van der Waals surface area contributed by atoms with Crippen molar-refractivity contribution in [3.05, 3.63) is 23.3 Å². The fourth-order valence-corrected chi connectivity index (χ4v) is 1.39. The van der Waals surface area contributed by atoms with Gasteiger partial charge in [0, 0.05) is 6.07 Å². The number of ether oxygens (including phenoxy) is 2. The minimum absolute atomic E-state index is 0.00449. The number of hydrogen-bond acceptors (Lipinski definition) is 4. The van der Waals surface area contributed by atoms with Crippen LogP contribution in [0.3, 0.4) is 0 Å². The zero-order valence-corrected chi connectivity index (χ0v) is 8.98. The van der Waals surface area contributed by atoms with E-state index in [1.807, 2.05) is 6.07 Å². The summed E-state index contributed by atoms with van der Waals surface area (Å²) in [4.78, 5) is 11.0. The summed E-state index contributed by atoms with van der Waals surface area (Å²) in [5.74, 6) is -0.464. The van der Waals surface area contributed by atoms with Crippen LogP contribution in [0.5, 0.6) is 11.5 Å². The van der Waals surface area contributed by atoms with E-state index in [0.717, 1.165) is 0 Å². The maximum absolute atomic E-state index is 11.0. The number of nitrogens with zero attached hydrogens (tertiary/aromatic N) is 1. The molecule has 1 rings (SSSR count). The van der Waals surface area contributed by atoms with Crippen LogP contribution >= 0.6 is 0 Å². The molecule has 0 aliphatic carbocycles. The maximum atomic E-state index is 11.0. The van der Waals surface area contributed by atoms with Crippen LogP contribution in [0.25, 0.3) is 0 Å². The molecule has 0 aromatic heterocycles. The monoisotopic (exact) mass is 221 g/mol. The van der Waals surface area contributed by atoms with Crippen LogP contribution < -0.4 is 9.47 Å². The van der Waals surface area contributed by atoms with E-state index >= 15 is 0 Å². The van der Waals surface area contributed by atoms with Gasteiger partial charge in [0.25, 0.3) is 0 Å². The predicted molar refractivity (Wildman–Crippen MR) is 55.8 cm³/mol. The SMILES string of the molecule is COc1cc(CC#N)c(C(=O)O)c(OC)c1. The number of aromatic carboxylic acids is 1. The normalized spacial score (nSPS) is 9.31. The van der Waals surface area contributed by atoms with Crippen molar-refractivity contribution in [2.75, 3.05) is 14.2 Å². The highest BCUT2D eigenvalue weighted by molar-refractivity contribution is 5.93. The van der Waals surface area contributed by atoms with E-state index in [4.69, 9.17) is 19.8 Å². The number of methoxy groups -OCH3 is 2. The van der Waals surface area contributed by atoms with E-state index in [1.165, 1.54) is 26.4 Å². The first-order valence-electron chi connectivity index (χ1n) is 4.49. The molecule has 1 N–H and O–H groups in total. The Kier molecular flexibility index (Phi) is 3.72. The number of nitriles is 1. The van der Waals surface area contributed by atoms with Crippen LogP contribution in [-0.2, 0) is 6.42 Å². The third-order valence-corrected chi connectivity index (χ3v) is 2.10. The number of benzene rings is 1. The van der Waals surface area contributed by atoms with Gasteiger partial charge in [-0.1, -0.05) is 0 Å². The maximum Gasteiger partial charge on any atom is 0.339 e. The van der Waals surface area contributed by atoms with Crippen LogP contribution in [0.1, 0.15) is 15.9 Å². The first-order valence-corrected chi connectivity index (χ1v) is 4.49. The van der Waals surface area contributed by atoms with Crippen molar-refractivity contribution in [2.24, 2.45) is 0 Å². The van der Waals surface area contributed by atoms with Gasteiger partial charge in [0.05, 0.1) is 26.7 Å². The molecule has 0 atom stereocenters. The highest BCUT2D eigenvalue weighted by Gasteiger charge is 2.18. The molecule has 1 aromatic carbocycles. The van der Waals surface area contributed by atoms with Gasteiger partial charge in [0.15, 0.2) is 0 Å². The highest BCUT2D eigenvalue weighted by Crippen LogP contribution is 2.29. The molecule has 1 aromatic rings. The van der Waals surface area contributed by atoms with Gasteiger partial charge in [-0.15, -0.1) is 0 Å². The molecule has 0 spiro atoms. The van der Waals surface area contributed by atoms with Crippen molar-refractivity contribution in [1.29, 1.82) is 5.26 Å². The summed E-state index contributed by atoms with van der Waals surface area (Å²) in [6.07, 6.45) is -0.00477. The van der Waals surface area contributed by atoms with E-state index < -0.39 is 5.97 Å². The van der Waals surface area contributed by atoms with Crippen LogP contribution in [0, 0.1) is 11.3 Å². The second kappa shape index (κ2) is 5.03. The van der Waals surface area contributed by atoms with E-state index in [9.17, 15) is 4.79 Å². The summed E-state index contributed by atoms with van der Waals surface area (Å²) < 4.78 is 9.96. The molecule has 0 unspecified atom stereocenters. The van der Waals surface area contributed by atoms with Crippen LogP contribution in [0.2, 0.25) is 0 Å². The Morgan fingerprint density at radius 1 is 1.44 bits per heavy atom. The lowest BCUT2D eigenvalue weighted by molar-refractivity contribution is 0.0692. The van der Waals surface area contributed by atoms with Gasteiger partial charge in [0.1, 0.15) is 17.1 Å². The van der Waals surface area contributed by atoms with Crippen molar-refractivity contribution >= 4 is 5.97 Å². The van der Waals surface area contributed by atoms with Gasteiger partial charge >= 0.3 is 5.97 Å². The Morgan fingerprint density at radius 2 is 2.12 bits per heavy atom. The van der Waals surface area contributed by atoms with Crippen molar-refractivity contribution < 1.29 is 19.4 Å². The lowest BCUT2D eigenvalue weighted by Crippen LogP contribution is -2.06. The standard InChI is InChI=1S/C11H11NO4/c1-15-8-5-7(3-4-12)10(11(13)14)9(6-8)16-2/h5-6H,3H2,1-2H3,(H,13,14). The predicted octanol–water partition coefficient (Wildman–Crippen LogP) is 1.47. The Bertz CT molecular complexity index is 448. The molecule has 5 heteroatoms. The third-order valence-electron chi connectivity index (χ3n) is 2.10. The van der Waals surface area contributed by atoms with Gasteiger partial charge in [-0.25, -0.2) is 4.79 Å². The van der Waals surface area contributed by atoms with Crippen molar-refractivity contribution in [3.8, 4) is 17.6 Å². The fourth-order valence-electron chi connectivity index (χ4n) is 1.39. The lowest BCUT2D eigenvalue weighted by atomic mass is 10.0. The van der Waals surface area contributed by atoms with Crippen molar-refractivity contribution in [2.45, 2.75) is 6.42 Å². The van der Waals surface area contributed by atoms with Crippen LogP contribution in [-0.4, -0.2) is 25.3 Å². The van der Waals surface area contributed by atoms with Crippen molar-refractivity contribution in [1.82, 2.24) is 0 Å². The van der Waals surface area contributed by atoms with Gasteiger partial charge in [-0.2, -0.15) is 5.26 Å². The summed E-state index contributed by atoms with van der Waals surface area (Å²) in [5, 5.41) is 17.7. The summed E-state index contributed by atoms with van der Waals surface area (Å²) in [5.41, 5.74) is 0.385. The minimum atomic E-state index is -1.12. The highest BCUT2D eigenvalue weighted by atomic mass is 16.5. The average molecular weight is 221 g/mol. The van der Waals surface area contributed by atoms with Gasteiger partial charge in [0.2, 0.25) is 0 Å². The molecule has 0 amide bonds. The molecular formula is C11H11NO4. The quantitative estimate of drug-likeness (QED) is 0.832. The summed E-state index contributed by atoms with van der Waals surface area (Å²) in [6.45, 7) is 0. The number of carbonyl (C=O) groups is 1. The summed E-state index contributed by atoms with van der Waals surface area (Å²) in [6, 6.07) is 4.91. The van der Waals surface area contributed by atoms with Crippen LogP contribution in [0.4, 0.5) is 0 Å². The molecule has 0 bridgehead atoms. The van der Waals surface area contributed by atoms with E-state index in [0.29, 0.717) is 11.3 Å². The van der Waals surface area contributed by atoms with Crippen molar-refractivity contribution in [3.63, 3.8) is 0 Å². The number of carboxylic acid groups (broad SMARTS) is 1. The minimum Gasteiger partial charge on any atom is -0.497 e. The van der Waals surface area contributed by atoms with Gasteiger partial charge in [-0.05, 0) is 11.6 Å². The zero-order chi connectivity index (χ0) is 12.1. The molecule has 5 nitrogen and oxygen atoms in total. The number of hydrogen-bond donors (Lipinski definition) is 1. The fraction of sp³-hybridized carbons (Fsp3) is 0.273. The second-order valence-electron chi connectivity index (χ2n) is 3.00. The molecule has 0 fully saturated rings. The molecule has 84 valence electrons. The smallest absolute Gasteiger partial charge is 0.339 e. The lowest BCUT2D eigenvalue weighted by Gasteiger charge is -2.11. The third kappa shape index (κ3) is 2.23. The van der Waals surface area contributed by atoms with Crippen LogP contribution in [0.15, 0.2) is 12.1 Å². The molecule has 0 heterocycles. The first kappa shape index (κ1) is 11.9. The zero-order valence-electron chi connectivity index (χ0n) is 8.98. The largest absolute Gasteiger partial charge is 0.497 e. The Balaban J connectivity index is 3.42. The second-order valence-corrected chi connectivity index (χ2v) is 3.00. The molecule has 0 aliphatic heterocycles. The Morgan fingerprint density at radius 3 is 2.56 bits per heavy atom. The average Bonchev–Trinajstić information content (AvgIpc) is 2.27. The van der Waals surface area contributed by atoms with Gasteiger partial charge < -0.3 is 14.6 Å². The molecule has 0 aliphatic rings. The Labute approximate surface area is 92.8 Å². The summed E-state index contributed by atoms with van der Waals surface area (Å²) in [7, 11) is 2.84. The molecule has 0 saturated heterocycles. The van der Waals surface area contributed by atoms with E-state index in [2.05, 4.69) is 0 Å². The Hall–Kier alpha value is -2.22.